The van der Waals surface area contributed by atoms with Gasteiger partial charge in [-0.25, -0.2) is 0 Å². The predicted molar refractivity (Wildman–Crippen MR) is 53.0 cm³/mol. The molecule has 13 heavy (non-hydrogen) atoms. The van der Waals surface area contributed by atoms with Gasteiger partial charge in [0, 0.05) is 11.8 Å². The van der Waals surface area contributed by atoms with Crippen molar-refractivity contribution in [3.8, 4) is 0 Å². The van der Waals surface area contributed by atoms with E-state index in [-0.39, 0.29) is 0 Å². The van der Waals surface area contributed by atoms with E-state index in [1.165, 1.54) is 18.6 Å². The average Bonchev–Trinajstić information content (AvgIpc) is 2.71. The number of aryl methyl sites for hydroxylation is 1. The van der Waals surface area contributed by atoms with E-state index >= 15 is 0 Å². The van der Waals surface area contributed by atoms with Crippen molar-refractivity contribution < 1.29 is 4.52 Å². The minimum Gasteiger partial charge on any atom is -0.337 e. The van der Waals surface area contributed by atoms with Crippen molar-refractivity contribution in [3.63, 3.8) is 0 Å². The molecule has 72 valence electrons. The zero-order valence-corrected chi connectivity index (χ0v) is 8.43. The van der Waals surface area contributed by atoms with Gasteiger partial charge in [-0.05, 0) is 25.5 Å². The van der Waals surface area contributed by atoms with Crippen molar-refractivity contribution in [1.82, 2.24) is 10.1 Å². The Morgan fingerprint density at radius 3 is 3.23 bits per heavy atom. The van der Waals surface area contributed by atoms with E-state index < -0.39 is 0 Å². The van der Waals surface area contributed by atoms with Gasteiger partial charge in [0.2, 0.25) is 0 Å². The molecule has 0 amide bonds. The molecule has 1 fully saturated rings. The van der Waals surface area contributed by atoms with Gasteiger partial charge >= 0.3 is 6.01 Å². The Hall–Kier alpha value is -0.710. The number of hydrogen-bond donors (Lipinski definition) is 1. The summed E-state index contributed by atoms with van der Waals surface area (Å²) in [6.07, 6.45) is 2.63. The molecule has 1 saturated heterocycles. The summed E-state index contributed by atoms with van der Waals surface area (Å²) in [4.78, 5) is 4.07. The first-order chi connectivity index (χ1) is 6.34. The van der Waals surface area contributed by atoms with E-state index in [9.17, 15) is 0 Å². The maximum Gasteiger partial charge on any atom is 0.321 e. The zero-order chi connectivity index (χ0) is 9.10. The molecule has 0 radical (unpaired) electrons. The van der Waals surface area contributed by atoms with Gasteiger partial charge in [0.25, 0.3) is 0 Å². The van der Waals surface area contributed by atoms with Crippen LogP contribution in [0.4, 0.5) is 6.01 Å². The quantitative estimate of drug-likeness (QED) is 0.802. The summed E-state index contributed by atoms with van der Waals surface area (Å²) in [5.41, 5.74) is 0. The molecule has 4 nitrogen and oxygen atoms in total. The second kappa shape index (κ2) is 4.00. The van der Waals surface area contributed by atoms with Crippen LogP contribution in [0.15, 0.2) is 4.52 Å². The smallest absolute Gasteiger partial charge is 0.321 e. The number of hydrogen-bond acceptors (Lipinski definition) is 5. The standard InChI is InChI=1S/C8H13N3OS/c1-6-10-8(12-11-6)9-5-7-3-2-4-13-7/h7H,2-5H2,1H3,(H,9,10,11). The topological polar surface area (TPSA) is 51.0 Å². The third-order valence-corrected chi connectivity index (χ3v) is 3.43. The second-order valence-electron chi connectivity index (χ2n) is 3.16. The van der Waals surface area contributed by atoms with Gasteiger partial charge < -0.3 is 9.84 Å². The summed E-state index contributed by atoms with van der Waals surface area (Å²) in [6, 6.07) is 0.546. The van der Waals surface area contributed by atoms with Crippen molar-refractivity contribution in [3.05, 3.63) is 5.82 Å². The van der Waals surface area contributed by atoms with Crippen LogP contribution < -0.4 is 5.32 Å². The molecule has 1 aromatic heterocycles. The summed E-state index contributed by atoms with van der Waals surface area (Å²) in [7, 11) is 0. The first-order valence-electron chi connectivity index (χ1n) is 4.50. The van der Waals surface area contributed by atoms with Crippen LogP contribution in [0.2, 0.25) is 0 Å². The highest BCUT2D eigenvalue weighted by Crippen LogP contribution is 2.25. The van der Waals surface area contributed by atoms with Gasteiger partial charge in [-0.1, -0.05) is 5.16 Å². The third kappa shape index (κ3) is 2.37. The van der Waals surface area contributed by atoms with E-state index in [0.29, 0.717) is 17.1 Å². The first kappa shape index (κ1) is 8.87. The van der Waals surface area contributed by atoms with Crippen LogP contribution in [-0.4, -0.2) is 27.7 Å². The van der Waals surface area contributed by atoms with E-state index in [1.807, 2.05) is 18.7 Å². The van der Waals surface area contributed by atoms with E-state index in [4.69, 9.17) is 4.52 Å². The summed E-state index contributed by atoms with van der Waals surface area (Å²) >= 11 is 2.02. The Balaban J connectivity index is 1.78. The molecule has 1 aromatic rings. The molecular weight excluding hydrogens is 186 g/mol. The minimum absolute atomic E-state index is 0.546. The molecule has 0 aliphatic carbocycles. The molecule has 1 unspecified atom stereocenters. The van der Waals surface area contributed by atoms with Crippen LogP contribution in [0.3, 0.4) is 0 Å². The van der Waals surface area contributed by atoms with E-state index in [2.05, 4.69) is 15.5 Å². The van der Waals surface area contributed by atoms with Crippen molar-refractivity contribution in [2.24, 2.45) is 0 Å². The van der Waals surface area contributed by atoms with E-state index in [0.717, 1.165) is 6.54 Å². The van der Waals surface area contributed by atoms with Crippen molar-refractivity contribution in [1.29, 1.82) is 0 Å². The molecule has 1 aliphatic rings. The Kier molecular flexibility index (Phi) is 2.73. The fraction of sp³-hybridized carbons (Fsp3) is 0.750. The molecular formula is C8H13N3OS. The third-order valence-electron chi connectivity index (χ3n) is 2.03. The van der Waals surface area contributed by atoms with Crippen molar-refractivity contribution >= 4 is 17.8 Å². The van der Waals surface area contributed by atoms with Gasteiger partial charge in [-0.15, -0.1) is 0 Å². The number of anilines is 1. The lowest BCUT2D eigenvalue weighted by Gasteiger charge is -2.06. The summed E-state index contributed by atoms with van der Waals surface area (Å²) in [5.74, 6) is 1.97. The lowest BCUT2D eigenvalue weighted by molar-refractivity contribution is 0.425. The van der Waals surface area contributed by atoms with Crippen LogP contribution in [-0.2, 0) is 0 Å². The highest BCUT2D eigenvalue weighted by atomic mass is 32.2. The molecule has 5 heteroatoms. The van der Waals surface area contributed by atoms with Crippen molar-refractivity contribution in [2.75, 3.05) is 17.6 Å². The lowest BCUT2D eigenvalue weighted by Crippen LogP contribution is -2.13. The van der Waals surface area contributed by atoms with E-state index in [1.54, 1.807) is 0 Å². The molecule has 1 N–H and O–H groups in total. The molecule has 0 aromatic carbocycles. The van der Waals surface area contributed by atoms with Crippen molar-refractivity contribution in [2.45, 2.75) is 25.0 Å². The number of nitrogens with one attached hydrogen (secondary N) is 1. The fourth-order valence-corrected chi connectivity index (χ4v) is 2.58. The highest BCUT2D eigenvalue weighted by Gasteiger charge is 2.15. The predicted octanol–water partition coefficient (Wildman–Crippen LogP) is 1.69. The molecule has 0 bridgehead atoms. The maximum atomic E-state index is 4.94. The molecule has 0 spiro atoms. The number of nitrogens with zero attached hydrogens (tertiary/aromatic N) is 2. The molecule has 1 aliphatic heterocycles. The lowest BCUT2D eigenvalue weighted by atomic mass is 10.2. The number of thioether (sulfide) groups is 1. The molecule has 1 atom stereocenters. The molecule has 2 heterocycles. The Bertz CT molecular complexity index is 270. The maximum absolute atomic E-state index is 4.94. The van der Waals surface area contributed by atoms with Gasteiger partial charge in [0.15, 0.2) is 5.82 Å². The van der Waals surface area contributed by atoms with Crippen LogP contribution in [0.25, 0.3) is 0 Å². The average molecular weight is 199 g/mol. The van der Waals surface area contributed by atoms with Crippen LogP contribution >= 0.6 is 11.8 Å². The van der Waals surface area contributed by atoms with Gasteiger partial charge in [0.1, 0.15) is 0 Å². The Morgan fingerprint density at radius 1 is 1.69 bits per heavy atom. The zero-order valence-electron chi connectivity index (χ0n) is 7.62. The largest absolute Gasteiger partial charge is 0.337 e. The second-order valence-corrected chi connectivity index (χ2v) is 4.57. The monoisotopic (exact) mass is 199 g/mol. The minimum atomic E-state index is 0.546. The highest BCUT2D eigenvalue weighted by molar-refractivity contribution is 8.00. The fourth-order valence-electron chi connectivity index (χ4n) is 1.38. The van der Waals surface area contributed by atoms with Crippen LogP contribution in [0.5, 0.6) is 0 Å². The van der Waals surface area contributed by atoms with Gasteiger partial charge in [-0.3, -0.25) is 0 Å². The van der Waals surface area contributed by atoms with Gasteiger partial charge in [0.05, 0.1) is 0 Å². The molecule has 0 saturated carbocycles. The van der Waals surface area contributed by atoms with Crippen LogP contribution in [0.1, 0.15) is 18.7 Å². The summed E-state index contributed by atoms with van der Waals surface area (Å²) in [5, 5.41) is 7.57. The first-order valence-corrected chi connectivity index (χ1v) is 5.55. The SMILES string of the molecule is Cc1noc(NCC2CCCS2)n1. The molecule has 2 rings (SSSR count). The van der Waals surface area contributed by atoms with Crippen LogP contribution in [0, 0.1) is 6.92 Å². The summed E-state index contributed by atoms with van der Waals surface area (Å²) in [6.45, 7) is 2.76. The Morgan fingerprint density at radius 2 is 2.62 bits per heavy atom. The normalized spacial score (nSPS) is 22.1. The number of aromatic nitrogens is 2. The number of rotatable bonds is 3. The Labute approximate surface area is 81.5 Å². The summed E-state index contributed by atoms with van der Waals surface area (Å²) < 4.78 is 4.94. The van der Waals surface area contributed by atoms with Gasteiger partial charge in [-0.2, -0.15) is 16.7 Å².